The van der Waals surface area contributed by atoms with Gasteiger partial charge in [0.2, 0.25) is 0 Å². The summed E-state index contributed by atoms with van der Waals surface area (Å²) in [5.41, 5.74) is 0. The monoisotopic (exact) mass is 199 g/mol. The first-order valence-electron chi connectivity index (χ1n) is 4.36. The lowest BCUT2D eigenvalue weighted by atomic mass is 10.2. The van der Waals surface area contributed by atoms with Crippen molar-refractivity contribution in [3.05, 3.63) is 5.82 Å². The molecule has 78 valence electrons. The van der Waals surface area contributed by atoms with Crippen LogP contribution in [0.25, 0.3) is 0 Å². The van der Waals surface area contributed by atoms with Crippen molar-refractivity contribution in [2.75, 3.05) is 0 Å². The zero-order valence-corrected chi connectivity index (χ0v) is 7.90. The van der Waals surface area contributed by atoms with Crippen molar-refractivity contribution in [1.29, 1.82) is 0 Å². The lowest BCUT2D eigenvalue weighted by Crippen LogP contribution is -2.26. The summed E-state index contributed by atoms with van der Waals surface area (Å²) < 4.78 is 0. The van der Waals surface area contributed by atoms with E-state index < -0.39 is 5.97 Å². The van der Waals surface area contributed by atoms with Crippen molar-refractivity contribution in [3.8, 4) is 0 Å². The second-order valence-electron chi connectivity index (χ2n) is 3.04. The van der Waals surface area contributed by atoms with Crippen LogP contribution in [-0.4, -0.2) is 37.7 Å². The molecule has 0 aliphatic heterocycles. The maximum Gasteiger partial charge on any atom is 0.303 e. The van der Waals surface area contributed by atoms with E-state index in [1.807, 2.05) is 6.92 Å². The quantitative estimate of drug-likeness (QED) is 0.573. The molecule has 0 aliphatic carbocycles. The number of aromatic nitrogens is 4. The van der Waals surface area contributed by atoms with E-state index in [1.54, 1.807) is 0 Å². The first-order chi connectivity index (χ1) is 6.68. The summed E-state index contributed by atoms with van der Waals surface area (Å²) >= 11 is 0. The summed E-state index contributed by atoms with van der Waals surface area (Å²) in [6.45, 7) is 2.42. The zero-order chi connectivity index (χ0) is 10.4. The number of H-pyrrole nitrogens is 1. The van der Waals surface area contributed by atoms with Crippen molar-refractivity contribution >= 4 is 5.97 Å². The van der Waals surface area contributed by atoms with Crippen molar-refractivity contribution in [2.24, 2.45) is 0 Å². The van der Waals surface area contributed by atoms with Gasteiger partial charge in [0.05, 0.1) is 6.54 Å². The molecule has 1 aromatic heterocycles. The van der Waals surface area contributed by atoms with Gasteiger partial charge in [0.15, 0.2) is 5.82 Å². The zero-order valence-electron chi connectivity index (χ0n) is 7.90. The van der Waals surface area contributed by atoms with Crippen LogP contribution in [0.15, 0.2) is 0 Å². The van der Waals surface area contributed by atoms with Crippen LogP contribution in [-0.2, 0) is 11.3 Å². The molecule has 14 heavy (non-hydrogen) atoms. The number of aromatic amines is 1. The van der Waals surface area contributed by atoms with E-state index in [9.17, 15) is 4.79 Å². The first kappa shape index (κ1) is 10.6. The highest BCUT2D eigenvalue weighted by Crippen LogP contribution is 1.97. The smallest absolute Gasteiger partial charge is 0.303 e. The van der Waals surface area contributed by atoms with Gasteiger partial charge in [0.25, 0.3) is 0 Å². The van der Waals surface area contributed by atoms with E-state index in [0.29, 0.717) is 18.8 Å². The number of hydrogen-bond donors (Lipinski definition) is 3. The van der Waals surface area contributed by atoms with E-state index >= 15 is 0 Å². The second-order valence-corrected chi connectivity index (χ2v) is 3.04. The Kier molecular flexibility index (Phi) is 3.99. The maximum absolute atomic E-state index is 10.3. The Morgan fingerprint density at radius 3 is 3.07 bits per heavy atom. The minimum atomic E-state index is -0.779. The number of nitrogens with one attached hydrogen (secondary N) is 2. The van der Waals surface area contributed by atoms with Crippen LogP contribution in [0.3, 0.4) is 0 Å². The average molecular weight is 199 g/mol. The summed E-state index contributed by atoms with van der Waals surface area (Å²) in [5.74, 6) is -0.203. The van der Waals surface area contributed by atoms with Crippen LogP contribution in [0.2, 0.25) is 0 Å². The summed E-state index contributed by atoms with van der Waals surface area (Å²) in [7, 11) is 0. The number of carboxylic acids is 1. The van der Waals surface area contributed by atoms with Crippen LogP contribution < -0.4 is 5.32 Å². The van der Waals surface area contributed by atoms with Crippen LogP contribution in [0, 0.1) is 0 Å². The molecule has 7 heteroatoms. The van der Waals surface area contributed by atoms with Gasteiger partial charge in [-0.05, 0) is 13.3 Å². The highest BCUT2D eigenvalue weighted by molar-refractivity contribution is 5.66. The summed E-state index contributed by atoms with van der Waals surface area (Å²) in [5, 5.41) is 24.8. The molecule has 0 amide bonds. The van der Waals surface area contributed by atoms with Crippen LogP contribution in [0.1, 0.15) is 25.6 Å². The third-order valence-electron chi connectivity index (χ3n) is 1.79. The first-order valence-corrected chi connectivity index (χ1v) is 4.36. The minimum absolute atomic E-state index is 0.129. The van der Waals surface area contributed by atoms with Crippen LogP contribution >= 0.6 is 0 Å². The van der Waals surface area contributed by atoms with E-state index in [4.69, 9.17) is 5.11 Å². The molecule has 7 nitrogen and oxygen atoms in total. The summed E-state index contributed by atoms with van der Waals surface area (Å²) in [4.78, 5) is 10.3. The standard InChI is InChI=1S/C7H13N5O2/c1-5(2-3-7(13)14)8-4-6-9-11-12-10-6/h5,8H,2-4H2,1H3,(H,13,14)(H,9,10,11,12). The number of carboxylic acid groups (broad SMARTS) is 1. The highest BCUT2D eigenvalue weighted by Gasteiger charge is 2.05. The Balaban J connectivity index is 2.15. The third kappa shape index (κ3) is 3.94. The van der Waals surface area contributed by atoms with Gasteiger partial charge < -0.3 is 10.4 Å². The van der Waals surface area contributed by atoms with Gasteiger partial charge in [-0.15, -0.1) is 10.2 Å². The average Bonchev–Trinajstić information content (AvgIpc) is 2.63. The van der Waals surface area contributed by atoms with Crippen molar-refractivity contribution < 1.29 is 9.90 Å². The molecule has 0 fully saturated rings. The van der Waals surface area contributed by atoms with Crippen LogP contribution in [0.5, 0.6) is 0 Å². The number of aliphatic carboxylic acids is 1. The molecule has 1 unspecified atom stereocenters. The van der Waals surface area contributed by atoms with Gasteiger partial charge in [-0.2, -0.15) is 5.21 Å². The predicted molar refractivity (Wildman–Crippen MR) is 47.3 cm³/mol. The van der Waals surface area contributed by atoms with E-state index in [1.165, 1.54) is 0 Å². The lowest BCUT2D eigenvalue weighted by molar-refractivity contribution is -0.137. The largest absolute Gasteiger partial charge is 0.481 e. The molecule has 0 radical (unpaired) electrons. The lowest BCUT2D eigenvalue weighted by Gasteiger charge is -2.09. The van der Waals surface area contributed by atoms with Gasteiger partial charge in [0.1, 0.15) is 0 Å². The predicted octanol–water partition coefficient (Wildman–Crippen LogP) is -0.457. The molecule has 1 rings (SSSR count). The van der Waals surface area contributed by atoms with E-state index in [0.717, 1.165) is 0 Å². The highest BCUT2D eigenvalue weighted by atomic mass is 16.4. The topological polar surface area (TPSA) is 104 Å². The van der Waals surface area contributed by atoms with Gasteiger partial charge in [0, 0.05) is 12.5 Å². The minimum Gasteiger partial charge on any atom is -0.481 e. The number of hydrogen-bond acceptors (Lipinski definition) is 5. The number of rotatable bonds is 6. The number of tetrazole rings is 1. The van der Waals surface area contributed by atoms with Crippen LogP contribution in [0.4, 0.5) is 0 Å². The second kappa shape index (κ2) is 5.28. The molecule has 1 aromatic rings. The Hall–Kier alpha value is -1.50. The van der Waals surface area contributed by atoms with Crippen molar-refractivity contribution in [3.63, 3.8) is 0 Å². The molecule has 0 aromatic carbocycles. The van der Waals surface area contributed by atoms with Gasteiger partial charge in [-0.25, -0.2) is 0 Å². The van der Waals surface area contributed by atoms with Gasteiger partial charge >= 0.3 is 5.97 Å². The van der Waals surface area contributed by atoms with E-state index in [-0.39, 0.29) is 12.5 Å². The summed E-state index contributed by atoms with van der Waals surface area (Å²) in [6, 6.07) is 0.129. The Bertz CT molecular complexity index is 274. The SMILES string of the molecule is CC(CCC(=O)O)NCc1nn[nH]n1. The number of nitrogens with zero attached hydrogens (tertiary/aromatic N) is 3. The van der Waals surface area contributed by atoms with E-state index in [2.05, 4.69) is 25.9 Å². The molecular formula is C7H13N5O2. The van der Waals surface area contributed by atoms with Gasteiger partial charge in [-0.1, -0.05) is 5.21 Å². The molecule has 0 saturated carbocycles. The molecular weight excluding hydrogens is 186 g/mol. The summed E-state index contributed by atoms with van der Waals surface area (Å²) in [6.07, 6.45) is 0.758. The Morgan fingerprint density at radius 1 is 1.71 bits per heavy atom. The third-order valence-corrected chi connectivity index (χ3v) is 1.79. The molecule has 0 saturated heterocycles. The molecule has 1 atom stereocenters. The maximum atomic E-state index is 10.3. The van der Waals surface area contributed by atoms with Crippen molar-refractivity contribution in [2.45, 2.75) is 32.4 Å². The molecule has 0 aliphatic rings. The normalized spacial score (nSPS) is 12.6. The molecule has 0 spiro atoms. The fourth-order valence-electron chi connectivity index (χ4n) is 0.965. The van der Waals surface area contributed by atoms with Crippen molar-refractivity contribution in [1.82, 2.24) is 25.9 Å². The van der Waals surface area contributed by atoms with Gasteiger partial charge in [-0.3, -0.25) is 4.79 Å². The Labute approximate surface area is 80.9 Å². The molecule has 1 heterocycles. The Morgan fingerprint density at radius 2 is 2.50 bits per heavy atom. The molecule has 3 N–H and O–H groups in total. The fraction of sp³-hybridized carbons (Fsp3) is 0.714. The molecule has 0 bridgehead atoms. The fourth-order valence-corrected chi connectivity index (χ4v) is 0.965. The number of carbonyl (C=O) groups is 1.